The second-order valence-electron chi connectivity index (χ2n) is 4.21. The van der Waals surface area contributed by atoms with Gasteiger partial charge in [0.2, 0.25) is 0 Å². The van der Waals surface area contributed by atoms with E-state index in [4.69, 9.17) is 10.5 Å². The topological polar surface area (TPSA) is 53.1 Å². The summed E-state index contributed by atoms with van der Waals surface area (Å²) in [5.74, 6) is -0.640. The lowest BCUT2D eigenvalue weighted by molar-refractivity contribution is -0.144. The Kier molecular flexibility index (Phi) is 3.87. The summed E-state index contributed by atoms with van der Waals surface area (Å²) in [6.07, 6.45) is -4.62. The molecule has 0 fully saturated rings. The van der Waals surface area contributed by atoms with Gasteiger partial charge in [-0.1, -0.05) is 0 Å². The molecule has 0 aliphatic rings. The van der Waals surface area contributed by atoms with Crippen molar-refractivity contribution in [2.24, 2.45) is 7.05 Å². The van der Waals surface area contributed by atoms with Gasteiger partial charge in [0.25, 0.3) is 0 Å². The van der Waals surface area contributed by atoms with Gasteiger partial charge in [-0.3, -0.25) is 4.68 Å². The van der Waals surface area contributed by atoms with Gasteiger partial charge in [-0.05, 0) is 22.0 Å². The highest BCUT2D eigenvalue weighted by atomic mass is 79.9. The molecular formula is C12H10BrF4N3O. The molecule has 0 atom stereocenters. The predicted octanol–water partition coefficient (Wildman–Crippen LogP) is 3.60. The molecule has 0 bridgehead atoms. The average Bonchev–Trinajstić information content (AvgIpc) is 2.64. The maximum Gasteiger partial charge on any atom is 0.434 e. The van der Waals surface area contributed by atoms with Crippen LogP contribution in [0, 0.1) is 5.82 Å². The predicted molar refractivity (Wildman–Crippen MR) is 72.3 cm³/mol. The third-order valence-electron chi connectivity index (χ3n) is 2.83. The van der Waals surface area contributed by atoms with Crippen LogP contribution < -0.4 is 10.5 Å². The number of hydrogen-bond donors (Lipinski definition) is 1. The van der Waals surface area contributed by atoms with E-state index in [1.807, 2.05) is 0 Å². The van der Waals surface area contributed by atoms with Crippen LogP contribution in [0.15, 0.2) is 16.6 Å². The van der Waals surface area contributed by atoms with Crippen LogP contribution in [0.25, 0.3) is 11.3 Å². The van der Waals surface area contributed by atoms with E-state index in [0.717, 1.165) is 13.1 Å². The monoisotopic (exact) mass is 367 g/mol. The van der Waals surface area contributed by atoms with Crippen LogP contribution in [0.1, 0.15) is 5.69 Å². The number of nitrogens with zero attached hydrogens (tertiary/aromatic N) is 2. The number of nitrogen functional groups attached to an aromatic ring is 1. The number of alkyl halides is 3. The summed E-state index contributed by atoms with van der Waals surface area (Å²) in [6, 6.07) is 2.18. The van der Waals surface area contributed by atoms with Crippen molar-refractivity contribution in [2.75, 3.05) is 12.8 Å². The molecule has 0 unspecified atom stereocenters. The van der Waals surface area contributed by atoms with Crippen molar-refractivity contribution in [3.05, 3.63) is 28.1 Å². The minimum Gasteiger partial charge on any atom is -0.495 e. The largest absolute Gasteiger partial charge is 0.495 e. The number of rotatable bonds is 2. The first-order chi connectivity index (χ1) is 9.66. The first-order valence-electron chi connectivity index (χ1n) is 5.60. The van der Waals surface area contributed by atoms with Gasteiger partial charge < -0.3 is 10.5 Å². The molecular weight excluding hydrogens is 358 g/mol. The van der Waals surface area contributed by atoms with Gasteiger partial charge in [0.15, 0.2) is 5.69 Å². The summed E-state index contributed by atoms with van der Waals surface area (Å²) in [4.78, 5) is 0. The fourth-order valence-corrected chi connectivity index (χ4v) is 2.68. The molecule has 2 rings (SSSR count). The molecule has 9 heteroatoms. The summed E-state index contributed by atoms with van der Waals surface area (Å²) in [5, 5.41) is 3.73. The van der Waals surface area contributed by atoms with Crippen molar-refractivity contribution in [1.29, 1.82) is 0 Å². The molecule has 0 saturated heterocycles. The molecule has 21 heavy (non-hydrogen) atoms. The third-order valence-corrected chi connectivity index (χ3v) is 3.58. The standard InChI is InChI=1S/C12H10BrF4N3O/c1-20-11(12(15,16)17)9(13)10(19-20)5-3-8(21-2)7(18)4-6(5)14/h3-4H,18H2,1-2H3. The Labute approximate surface area is 125 Å². The van der Waals surface area contributed by atoms with Crippen LogP contribution in [-0.4, -0.2) is 16.9 Å². The average molecular weight is 368 g/mol. The van der Waals surface area contributed by atoms with Gasteiger partial charge in [0.1, 0.15) is 17.3 Å². The number of benzene rings is 1. The van der Waals surface area contributed by atoms with Crippen molar-refractivity contribution < 1.29 is 22.3 Å². The smallest absolute Gasteiger partial charge is 0.434 e. The Hall–Kier alpha value is -1.77. The van der Waals surface area contributed by atoms with E-state index in [-0.39, 0.29) is 27.2 Å². The Bertz CT molecular complexity index is 697. The number of ether oxygens (including phenoxy) is 1. The maximum atomic E-state index is 14.0. The van der Waals surface area contributed by atoms with E-state index in [1.165, 1.54) is 13.2 Å². The molecule has 0 aliphatic carbocycles. The molecule has 0 radical (unpaired) electrons. The summed E-state index contributed by atoms with van der Waals surface area (Å²) in [6.45, 7) is 0. The summed E-state index contributed by atoms with van der Waals surface area (Å²) < 4.78 is 58.0. The molecule has 0 spiro atoms. The number of hydrogen-bond acceptors (Lipinski definition) is 3. The van der Waals surface area contributed by atoms with Crippen LogP contribution in [0.3, 0.4) is 0 Å². The maximum absolute atomic E-state index is 14.0. The van der Waals surface area contributed by atoms with Crippen molar-refractivity contribution in [1.82, 2.24) is 9.78 Å². The zero-order valence-electron chi connectivity index (χ0n) is 10.9. The minimum atomic E-state index is -4.62. The minimum absolute atomic E-state index is 0.0434. The number of methoxy groups -OCH3 is 1. The molecule has 1 aromatic carbocycles. The van der Waals surface area contributed by atoms with E-state index >= 15 is 0 Å². The fraction of sp³-hybridized carbons (Fsp3) is 0.250. The highest BCUT2D eigenvalue weighted by Crippen LogP contribution is 2.41. The third kappa shape index (κ3) is 2.69. The molecule has 1 aromatic heterocycles. The van der Waals surface area contributed by atoms with E-state index in [9.17, 15) is 17.6 Å². The van der Waals surface area contributed by atoms with Gasteiger partial charge in [-0.25, -0.2) is 4.39 Å². The summed E-state index contributed by atoms with van der Waals surface area (Å²) in [7, 11) is 2.45. The number of nitrogens with two attached hydrogens (primary N) is 1. The quantitative estimate of drug-likeness (QED) is 0.651. The Morgan fingerprint density at radius 2 is 1.95 bits per heavy atom. The van der Waals surface area contributed by atoms with Gasteiger partial charge in [-0.2, -0.15) is 18.3 Å². The second-order valence-corrected chi connectivity index (χ2v) is 5.00. The zero-order chi connectivity index (χ0) is 15.9. The van der Waals surface area contributed by atoms with Crippen molar-refractivity contribution in [3.63, 3.8) is 0 Å². The van der Waals surface area contributed by atoms with Crippen LogP contribution in [-0.2, 0) is 13.2 Å². The highest BCUT2D eigenvalue weighted by molar-refractivity contribution is 9.10. The normalized spacial score (nSPS) is 11.8. The molecule has 4 nitrogen and oxygen atoms in total. The molecule has 0 saturated carbocycles. The van der Waals surface area contributed by atoms with E-state index in [1.54, 1.807) is 0 Å². The van der Waals surface area contributed by atoms with Crippen molar-refractivity contribution >= 4 is 21.6 Å². The number of aryl methyl sites for hydroxylation is 1. The van der Waals surface area contributed by atoms with Crippen LogP contribution in [0.2, 0.25) is 0 Å². The first-order valence-corrected chi connectivity index (χ1v) is 6.39. The molecule has 1 heterocycles. The van der Waals surface area contributed by atoms with Gasteiger partial charge in [-0.15, -0.1) is 0 Å². The Balaban J connectivity index is 2.69. The van der Waals surface area contributed by atoms with Gasteiger partial charge in [0.05, 0.1) is 17.3 Å². The highest BCUT2D eigenvalue weighted by Gasteiger charge is 2.39. The van der Waals surface area contributed by atoms with E-state index < -0.39 is 17.7 Å². The van der Waals surface area contributed by atoms with E-state index in [0.29, 0.717) is 4.68 Å². The SMILES string of the molecule is COc1cc(-c2nn(C)c(C(F)(F)F)c2Br)c(F)cc1N. The van der Waals surface area contributed by atoms with Crippen LogP contribution in [0.4, 0.5) is 23.2 Å². The Morgan fingerprint density at radius 3 is 2.43 bits per heavy atom. The number of halogens is 5. The molecule has 0 aliphatic heterocycles. The molecule has 0 amide bonds. The number of anilines is 1. The van der Waals surface area contributed by atoms with E-state index in [2.05, 4.69) is 21.0 Å². The molecule has 114 valence electrons. The molecule has 2 aromatic rings. The van der Waals surface area contributed by atoms with Crippen LogP contribution in [0.5, 0.6) is 5.75 Å². The number of aromatic nitrogens is 2. The second kappa shape index (κ2) is 5.21. The molecule has 2 N–H and O–H groups in total. The lowest BCUT2D eigenvalue weighted by Gasteiger charge is -2.08. The van der Waals surface area contributed by atoms with Gasteiger partial charge in [0, 0.05) is 18.7 Å². The van der Waals surface area contributed by atoms with Crippen molar-refractivity contribution in [2.45, 2.75) is 6.18 Å². The summed E-state index contributed by atoms with van der Waals surface area (Å²) >= 11 is 2.83. The van der Waals surface area contributed by atoms with Crippen molar-refractivity contribution in [3.8, 4) is 17.0 Å². The zero-order valence-corrected chi connectivity index (χ0v) is 12.5. The lowest BCUT2D eigenvalue weighted by Crippen LogP contribution is -2.12. The lowest BCUT2D eigenvalue weighted by atomic mass is 10.1. The summed E-state index contributed by atoms with van der Waals surface area (Å²) in [5.41, 5.74) is 4.26. The van der Waals surface area contributed by atoms with Crippen LogP contribution >= 0.6 is 15.9 Å². The fourth-order valence-electron chi connectivity index (χ4n) is 1.91. The van der Waals surface area contributed by atoms with Gasteiger partial charge >= 0.3 is 6.18 Å². The first kappa shape index (κ1) is 15.6. The Morgan fingerprint density at radius 1 is 1.33 bits per heavy atom.